The number of hydrogen-bond donors (Lipinski definition) is 0. The van der Waals surface area contributed by atoms with Gasteiger partial charge in [0.25, 0.3) is 0 Å². The molecule has 0 saturated carbocycles. The second-order valence-corrected chi connectivity index (χ2v) is 3.10. The standard InChI is InChI=1S/C12H16O2/c1-4-11-6-5-10(8-13-2)7-12(11)9-14-3/h4-7H,1,8-9H2,2-3H3. The summed E-state index contributed by atoms with van der Waals surface area (Å²) >= 11 is 0. The zero-order chi connectivity index (χ0) is 10.4. The van der Waals surface area contributed by atoms with Crippen LogP contribution in [-0.4, -0.2) is 14.2 Å². The first kappa shape index (κ1) is 11.0. The SMILES string of the molecule is C=Cc1ccc(COC)cc1COC. The Morgan fingerprint density at radius 2 is 1.93 bits per heavy atom. The van der Waals surface area contributed by atoms with Gasteiger partial charge >= 0.3 is 0 Å². The monoisotopic (exact) mass is 192 g/mol. The average Bonchev–Trinajstić information content (AvgIpc) is 2.19. The minimum atomic E-state index is 0.610. The van der Waals surface area contributed by atoms with Crippen LogP contribution in [0.1, 0.15) is 16.7 Å². The molecule has 0 heterocycles. The number of benzene rings is 1. The van der Waals surface area contributed by atoms with Gasteiger partial charge in [-0.3, -0.25) is 0 Å². The van der Waals surface area contributed by atoms with Gasteiger partial charge in [0.1, 0.15) is 0 Å². The minimum Gasteiger partial charge on any atom is -0.380 e. The van der Waals surface area contributed by atoms with Crippen molar-refractivity contribution in [2.24, 2.45) is 0 Å². The van der Waals surface area contributed by atoms with Gasteiger partial charge in [-0.05, 0) is 16.7 Å². The Morgan fingerprint density at radius 1 is 1.21 bits per heavy atom. The van der Waals surface area contributed by atoms with Crippen molar-refractivity contribution in [3.63, 3.8) is 0 Å². The molecule has 0 bridgehead atoms. The van der Waals surface area contributed by atoms with Crippen LogP contribution in [0.4, 0.5) is 0 Å². The molecule has 0 unspecified atom stereocenters. The summed E-state index contributed by atoms with van der Waals surface area (Å²) in [5.41, 5.74) is 3.42. The van der Waals surface area contributed by atoms with E-state index in [2.05, 4.69) is 12.6 Å². The fraction of sp³-hybridized carbons (Fsp3) is 0.333. The first-order valence-electron chi connectivity index (χ1n) is 4.54. The molecule has 76 valence electrons. The van der Waals surface area contributed by atoms with Gasteiger partial charge in [-0.25, -0.2) is 0 Å². The number of hydrogen-bond acceptors (Lipinski definition) is 2. The van der Waals surface area contributed by atoms with Gasteiger partial charge in [0.15, 0.2) is 0 Å². The zero-order valence-corrected chi connectivity index (χ0v) is 8.75. The van der Waals surface area contributed by atoms with Crippen molar-refractivity contribution in [2.75, 3.05) is 14.2 Å². The summed E-state index contributed by atoms with van der Waals surface area (Å²) in [6, 6.07) is 6.17. The Kier molecular flexibility index (Phi) is 4.36. The summed E-state index contributed by atoms with van der Waals surface area (Å²) in [6.45, 7) is 5.01. The second kappa shape index (κ2) is 5.58. The highest BCUT2D eigenvalue weighted by Crippen LogP contribution is 2.15. The molecule has 0 N–H and O–H groups in total. The van der Waals surface area contributed by atoms with Crippen LogP contribution in [0.3, 0.4) is 0 Å². The summed E-state index contributed by atoms with van der Waals surface area (Å²) in [7, 11) is 3.38. The van der Waals surface area contributed by atoms with E-state index in [9.17, 15) is 0 Å². The van der Waals surface area contributed by atoms with Crippen molar-refractivity contribution < 1.29 is 9.47 Å². The van der Waals surface area contributed by atoms with Crippen LogP contribution in [0.2, 0.25) is 0 Å². The molecule has 0 fully saturated rings. The van der Waals surface area contributed by atoms with Crippen molar-refractivity contribution >= 4 is 6.08 Å². The van der Waals surface area contributed by atoms with Gasteiger partial charge in [-0.1, -0.05) is 30.9 Å². The maximum absolute atomic E-state index is 5.11. The van der Waals surface area contributed by atoms with Gasteiger partial charge in [0.05, 0.1) is 13.2 Å². The Morgan fingerprint density at radius 3 is 2.50 bits per heavy atom. The predicted octanol–water partition coefficient (Wildman–Crippen LogP) is 2.62. The highest BCUT2D eigenvalue weighted by molar-refractivity contribution is 5.52. The molecule has 0 amide bonds. The molecule has 0 saturated heterocycles. The van der Waals surface area contributed by atoms with E-state index in [-0.39, 0.29) is 0 Å². The van der Waals surface area contributed by atoms with E-state index in [4.69, 9.17) is 9.47 Å². The van der Waals surface area contributed by atoms with Crippen LogP contribution in [-0.2, 0) is 22.7 Å². The number of methoxy groups -OCH3 is 2. The topological polar surface area (TPSA) is 18.5 Å². The largest absolute Gasteiger partial charge is 0.380 e. The summed E-state index contributed by atoms with van der Waals surface area (Å²) in [5.74, 6) is 0. The van der Waals surface area contributed by atoms with E-state index in [0.717, 1.165) is 16.7 Å². The summed E-state index contributed by atoms with van der Waals surface area (Å²) in [6.07, 6.45) is 1.84. The van der Waals surface area contributed by atoms with Gasteiger partial charge in [-0.15, -0.1) is 0 Å². The highest BCUT2D eigenvalue weighted by Gasteiger charge is 2.00. The first-order valence-corrected chi connectivity index (χ1v) is 4.54. The van der Waals surface area contributed by atoms with Crippen molar-refractivity contribution in [2.45, 2.75) is 13.2 Å². The van der Waals surface area contributed by atoms with E-state index in [1.807, 2.05) is 18.2 Å². The molecular formula is C12H16O2. The molecule has 0 aromatic heterocycles. The third-order valence-corrected chi connectivity index (χ3v) is 2.04. The lowest BCUT2D eigenvalue weighted by Gasteiger charge is -2.07. The molecule has 14 heavy (non-hydrogen) atoms. The van der Waals surface area contributed by atoms with Crippen molar-refractivity contribution in [1.29, 1.82) is 0 Å². The average molecular weight is 192 g/mol. The molecule has 0 aliphatic carbocycles. The second-order valence-electron chi connectivity index (χ2n) is 3.10. The Balaban J connectivity index is 2.94. The Hall–Kier alpha value is -1.12. The zero-order valence-electron chi connectivity index (χ0n) is 8.75. The molecule has 0 radical (unpaired) electrons. The van der Waals surface area contributed by atoms with Crippen LogP contribution in [0, 0.1) is 0 Å². The van der Waals surface area contributed by atoms with E-state index in [0.29, 0.717) is 13.2 Å². The Bertz CT molecular complexity index is 305. The predicted molar refractivity (Wildman–Crippen MR) is 58.0 cm³/mol. The van der Waals surface area contributed by atoms with Crippen LogP contribution >= 0.6 is 0 Å². The van der Waals surface area contributed by atoms with Crippen LogP contribution in [0.5, 0.6) is 0 Å². The fourth-order valence-electron chi connectivity index (χ4n) is 1.40. The third kappa shape index (κ3) is 2.69. The fourth-order valence-corrected chi connectivity index (χ4v) is 1.40. The van der Waals surface area contributed by atoms with Gasteiger partial charge in [0, 0.05) is 14.2 Å². The van der Waals surface area contributed by atoms with Crippen LogP contribution in [0.15, 0.2) is 24.8 Å². The normalized spacial score (nSPS) is 10.1. The van der Waals surface area contributed by atoms with E-state index >= 15 is 0 Å². The maximum Gasteiger partial charge on any atom is 0.0718 e. The smallest absolute Gasteiger partial charge is 0.0718 e. The summed E-state index contributed by atoms with van der Waals surface area (Å²) < 4.78 is 10.2. The van der Waals surface area contributed by atoms with Crippen molar-refractivity contribution in [3.8, 4) is 0 Å². The van der Waals surface area contributed by atoms with E-state index in [1.165, 1.54) is 0 Å². The Labute approximate surface area is 85.2 Å². The van der Waals surface area contributed by atoms with E-state index < -0.39 is 0 Å². The lowest BCUT2D eigenvalue weighted by molar-refractivity contribution is 0.180. The van der Waals surface area contributed by atoms with Gasteiger partial charge < -0.3 is 9.47 Å². The van der Waals surface area contributed by atoms with Crippen molar-refractivity contribution in [3.05, 3.63) is 41.5 Å². The maximum atomic E-state index is 5.11. The lowest BCUT2D eigenvalue weighted by Crippen LogP contribution is -1.95. The molecule has 2 heteroatoms. The summed E-state index contributed by atoms with van der Waals surface area (Å²) in [4.78, 5) is 0. The van der Waals surface area contributed by atoms with Gasteiger partial charge in [-0.2, -0.15) is 0 Å². The quantitative estimate of drug-likeness (QED) is 0.714. The van der Waals surface area contributed by atoms with E-state index in [1.54, 1.807) is 14.2 Å². The third-order valence-electron chi connectivity index (χ3n) is 2.04. The summed E-state index contributed by atoms with van der Waals surface area (Å²) in [5, 5.41) is 0. The van der Waals surface area contributed by atoms with Crippen LogP contribution < -0.4 is 0 Å². The molecule has 0 aliphatic heterocycles. The number of rotatable bonds is 5. The van der Waals surface area contributed by atoms with Crippen LogP contribution in [0.25, 0.3) is 6.08 Å². The molecule has 0 spiro atoms. The molecule has 1 rings (SSSR count). The molecule has 1 aromatic rings. The molecule has 0 aliphatic rings. The highest BCUT2D eigenvalue weighted by atomic mass is 16.5. The molecule has 1 aromatic carbocycles. The minimum absolute atomic E-state index is 0.610. The molecule has 2 nitrogen and oxygen atoms in total. The first-order chi connectivity index (χ1) is 6.81. The number of ether oxygens (including phenoxy) is 2. The molecular weight excluding hydrogens is 176 g/mol. The molecule has 0 atom stereocenters. The lowest BCUT2D eigenvalue weighted by atomic mass is 10.0. The van der Waals surface area contributed by atoms with Gasteiger partial charge in [0.2, 0.25) is 0 Å². The van der Waals surface area contributed by atoms with Crippen molar-refractivity contribution in [1.82, 2.24) is 0 Å².